The van der Waals surface area contributed by atoms with Crippen molar-refractivity contribution in [1.29, 1.82) is 0 Å². The van der Waals surface area contributed by atoms with E-state index in [1.165, 1.54) is 6.92 Å². The van der Waals surface area contributed by atoms with Crippen molar-refractivity contribution in [2.75, 3.05) is 20.2 Å². The molecule has 0 saturated heterocycles. The maximum atomic E-state index is 12.5. The third kappa shape index (κ3) is 6.74. The molecule has 0 aliphatic rings. The molecule has 0 aromatic heterocycles. The molecule has 0 spiro atoms. The normalized spacial score (nSPS) is 14.6. The molecule has 0 rings (SSSR count). The lowest BCUT2D eigenvalue weighted by Crippen LogP contribution is -2.55. The lowest BCUT2D eigenvalue weighted by molar-refractivity contribution is -0.165. The Kier molecular flexibility index (Phi) is 6.98. The second-order valence-electron chi connectivity index (χ2n) is 4.84. The van der Waals surface area contributed by atoms with Crippen LogP contribution in [0.5, 0.6) is 0 Å². The van der Waals surface area contributed by atoms with Gasteiger partial charge in [-0.3, -0.25) is 9.59 Å². The Morgan fingerprint density at radius 3 is 2.25 bits per heavy atom. The summed E-state index contributed by atoms with van der Waals surface area (Å²) in [5, 5.41) is 0. The van der Waals surface area contributed by atoms with Crippen LogP contribution < -0.4 is 5.73 Å². The lowest BCUT2D eigenvalue weighted by Gasteiger charge is -2.32. The van der Waals surface area contributed by atoms with Gasteiger partial charge in [0.15, 0.2) is 0 Å². The van der Waals surface area contributed by atoms with Gasteiger partial charge in [0.1, 0.15) is 6.54 Å². The first-order valence-electron chi connectivity index (χ1n) is 6.25. The van der Waals surface area contributed by atoms with Crippen LogP contribution in [0.25, 0.3) is 0 Å². The number of nitrogens with two attached hydrogens (primary N) is 1. The fourth-order valence-electron chi connectivity index (χ4n) is 1.78. The highest BCUT2D eigenvalue weighted by Crippen LogP contribution is 2.20. The highest BCUT2D eigenvalue weighted by atomic mass is 19.4. The average molecular weight is 298 g/mol. The molecule has 0 bridgehead atoms. The summed E-state index contributed by atoms with van der Waals surface area (Å²) in [6, 6.07) is 0. The summed E-state index contributed by atoms with van der Waals surface area (Å²) in [4.78, 5) is 23.7. The molecule has 0 saturated carbocycles. The third-order valence-corrected chi connectivity index (χ3v) is 2.73. The maximum absolute atomic E-state index is 12.5. The largest absolute Gasteiger partial charge is 0.469 e. The molecular formula is C12H21F3N2O3. The van der Waals surface area contributed by atoms with E-state index in [0.717, 1.165) is 7.11 Å². The number of amides is 1. The van der Waals surface area contributed by atoms with Crippen LogP contribution >= 0.6 is 0 Å². The van der Waals surface area contributed by atoms with Gasteiger partial charge in [0, 0.05) is 6.54 Å². The van der Waals surface area contributed by atoms with Crippen molar-refractivity contribution in [3.8, 4) is 0 Å². The molecule has 1 atom stereocenters. The number of rotatable bonds is 7. The number of esters is 1. The monoisotopic (exact) mass is 298 g/mol. The summed E-state index contributed by atoms with van der Waals surface area (Å²) in [7, 11) is 1.13. The Labute approximate surface area is 116 Å². The van der Waals surface area contributed by atoms with Gasteiger partial charge in [0.2, 0.25) is 5.91 Å². The number of hydrogen-bond donors (Lipinski definition) is 1. The summed E-state index contributed by atoms with van der Waals surface area (Å²) in [5.41, 5.74) is 4.38. The van der Waals surface area contributed by atoms with Crippen molar-refractivity contribution in [1.82, 2.24) is 4.90 Å². The molecule has 0 radical (unpaired) electrons. The zero-order valence-electron chi connectivity index (χ0n) is 11.9. The van der Waals surface area contributed by atoms with E-state index in [9.17, 15) is 22.8 Å². The Morgan fingerprint density at radius 2 is 1.85 bits per heavy atom. The van der Waals surface area contributed by atoms with Crippen molar-refractivity contribution in [2.45, 2.75) is 44.8 Å². The van der Waals surface area contributed by atoms with E-state index >= 15 is 0 Å². The van der Waals surface area contributed by atoms with Crippen molar-refractivity contribution in [3.05, 3.63) is 0 Å². The lowest BCUT2D eigenvalue weighted by atomic mass is 9.95. The number of carbonyl (C=O) groups excluding carboxylic acids is 2. The molecule has 1 unspecified atom stereocenters. The van der Waals surface area contributed by atoms with E-state index < -0.39 is 30.1 Å². The van der Waals surface area contributed by atoms with E-state index in [2.05, 4.69) is 4.74 Å². The summed E-state index contributed by atoms with van der Waals surface area (Å²) in [5.74, 6) is -1.50. The summed E-state index contributed by atoms with van der Waals surface area (Å²) >= 11 is 0. The van der Waals surface area contributed by atoms with E-state index in [1.807, 2.05) is 0 Å². The van der Waals surface area contributed by atoms with Gasteiger partial charge >= 0.3 is 12.1 Å². The molecule has 0 fully saturated rings. The fraction of sp³-hybridized carbons (Fsp3) is 0.833. The standard InChI is InChI=1S/C12H21F3N2O3/c1-4-6-11(2,16)10(19)17(8-12(13,14)15)7-5-9(18)20-3/h4-8,16H2,1-3H3. The summed E-state index contributed by atoms with van der Waals surface area (Å²) in [6.45, 7) is 1.36. The van der Waals surface area contributed by atoms with Gasteiger partial charge in [0.05, 0.1) is 19.1 Å². The molecule has 0 aliphatic heterocycles. The Morgan fingerprint density at radius 1 is 1.30 bits per heavy atom. The van der Waals surface area contributed by atoms with E-state index in [0.29, 0.717) is 11.3 Å². The van der Waals surface area contributed by atoms with E-state index in [-0.39, 0.29) is 19.4 Å². The molecular weight excluding hydrogens is 277 g/mol. The van der Waals surface area contributed by atoms with E-state index in [1.54, 1.807) is 6.92 Å². The Bertz CT molecular complexity index is 343. The first kappa shape index (κ1) is 18.7. The van der Waals surface area contributed by atoms with Gasteiger partial charge in [-0.25, -0.2) is 0 Å². The molecule has 0 aliphatic carbocycles. The molecule has 8 heteroatoms. The number of halogens is 3. The van der Waals surface area contributed by atoms with Crippen LogP contribution in [-0.4, -0.2) is 48.7 Å². The van der Waals surface area contributed by atoms with Gasteiger partial charge in [-0.05, 0) is 13.3 Å². The van der Waals surface area contributed by atoms with Gasteiger partial charge in [-0.1, -0.05) is 13.3 Å². The maximum Gasteiger partial charge on any atom is 0.406 e. The SMILES string of the molecule is CCCC(C)(N)C(=O)N(CCC(=O)OC)CC(F)(F)F. The minimum absolute atomic E-state index is 0.262. The minimum Gasteiger partial charge on any atom is -0.469 e. The predicted molar refractivity (Wildman–Crippen MR) is 66.8 cm³/mol. The van der Waals surface area contributed by atoms with Crippen LogP contribution in [-0.2, 0) is 14.3 Å². The quantitative estimate of drug-likeness (QED) is 0.722. The number of nitrogens with zero attached hydrogens (tertiary/aromatic N) is 1. The topological polar surface area (TPSA) is 72.6 Å². The average Bonchev–Trinajstić information content (AvgIpc) is 2.31. The molecule has 0 heterocycles. The molecule has 2 N–H and O–H groups in total. The number of carbonyl (C=O) groups is 2. The van der Waals surface area contributed by atoms with Crippen molar-refractivity contribution >= 4 is 11.9 Å². The molecule has 20 heavy (non-hydrogen) atoms. The smallest absolute Gasteiger partial charge is 0.406 e. The van der Waals surface area contributed by atoms with Gasteiger partial charge in [-0.2, -0.15) is 13.2 Å². The van der Waals surface area contributed by atoms with Crippen molar-refractivity contribution in [3.63, 3.8) is 0 Å². The molecule has 0 aromatic rings. The van der Waals surface area contributed by atoms with Crippen LogP contribution in [0.2, 0.25) is 0 Å². The highest BCUT2D eigenvalue weighted by molar-refractivity contribution is 5.86. The van der Waals surface area contributed by atoms with Crippen LogP contribution in [0.1, 0.15) is 33.1 Å². The third-order valence-electron chi connectivity index (χ3n) is 2.73. The summed E-state index contributed by atoms with van der Waals surface area (Å²) < 4.78 is 41.8. The molecule has 118 valence electrons. The number of ether oxygens (including phenoxy) is 1. The van der Waals surface area contributed by atoms with Crippen molar-refractivity contribution in [2.24, 2.45) is 5.73 Å². The zero-order valence-corrected chi connectivity index (χ0v) is 11.9. The summed E-state index contributed by atoms with van der Waals surface area (Å²) in [6.07, 6.45) is -4.03. The number of alkyl halides is 3. The van der Waals surface area contributed by atoms with Gasteiger partial charge < -0.3 is 15.4 Å². The Hall–Kier alpha value is -1.31. The van der Waals surface area contributed by atoms with E-state index in [4.69, 9.17) is 5.73 Å². The molecule has 1 amide bonds. The van der Waals surface area contributed by atoms with Gasteiger partial charge in [-0.15, -0.1) is 0 Å². The minimum atomic E-state index is -4.55. The Balaban J connectivity index is 4.91. The molecule has 0 aromatic carbocycles. The highest BCUT2D eigenvalue weighted by Gasteiger charge is 2.38. The first-order valence-corrected chi connectivity index (χ1v) is 6.25. The van der Waals surface area contributed by atoms with Crippen LogP contribution in [0.15, 0.2) is 0 Å². The zero-order chi connectivity index (χ0) is 16.0. The van der Waals surface area contributed by atoms with Crippen LogP contribution in [0.4, 0.5) is 13.2 Å². The second kappa shape index (κ2) is 7.47. The number of methoxy groups -OCH3 is 1. The van der Waals surface area contributed by atoms with Crippen LogP contribution in [0, 0.1) is 0 Å². The predicted octanol–water partition coefficient (Wildman–Crippen LogP) is 1.46. The first-order chi connectivity index (χ1) is 9.03. The van der Waals surface area contributed by atoms with Crippen molar-refractivity contribution < 1.29 is 27.5 Å². The second-order valence-corrected chi connectivity index (χ2v) is 4.84. The number of hydrogen-bond acceptors (Lipinski definition) is 4. The molecule has 5 nitrogen and oxygen atoms in total. The van der Waals surface area contributed by atoms with Crippen LogP contribution in [0.3, 0.4) is 0 Å². The fourth-order valence-corrected chi connectivity index (χ4v) is 1.78. The van der Waals surface area contributed by atoms with Gasteiger partial charge in [0.25, 0.3) is 0 Å².